The summed E-state index contributed by atoms with van der Waals surface area (Å²) in [5, 5.41) is 5.64. The molecule has 28 heavy (non-hydrogen) atoms. The van der Waals surface area contributed by atoms with Crippen molar-refractivity contribution < 1.29 is 19.1 Å². The Bertz CT molecular complexity index is 755. The second-order valence-electron chi connectivity index (χ2n) is 6.73. The molecule has 2 aromatic rings. The average molecular weight is 384 g/mol. The second kappa shape index (κ2) is 11.0. The van der Waals surface area contributed by atoms with E-state index in [-0.39, 0.29) is 24.3 Å². The van der Waals surface area contributed by atoms with Gasteiger partial charge in [-0.05, 0) is 48.4 Å². The summed E-state index contributed by atoms with van der Waals surface area (Å²) in [6, 6.07) is 14.6. The highest BCUT2D eigenvalue weighted by Gasteiger charge is 2.07. The van der Waals surface area contributed by atoms with Gasteiger partial charge in [-0.1, -0.05) is 32.9 Å². The fraction of sp³-hybridized carbons (Fsp3) is 0.364. The Morgan fingerprint density at radius 1 is 0.929 bits per heavy atom. The second-order valence-corrected chi connectivity index (χ2v) is 6.73. The molecule has 0 aliphatic carbocycles. The minimum atomic E-state index is -0.205. The van der Waals surface area contributed by atoms with Crippen LogP contribution in [0.25, 0.3) is 0 Å². The first-order valence-electron chi connectivity index (χ1n) is 9.50. The van der Waals surface area contributed by atoms with E-state index in [0.29, 0.717) is 18.9 Å². The zero-order chi connectivity index (χ0) is 20.4. The van der Waals surface area contributed by atoms with Gasteiger partial charge in [0, 0.05) is 18.2 Å². The summed E-state index contributed by atoms with van der Waals surface area (Å²) in [6.07, 6.45) is 0.952. The largest absolute Gasteiger partial charge is 0.494 e. The lowest BCUT2D eigenvalue weighted by Gasteiger charge is -2.10. The lowest BCUT2D eigenvalue weighted by molar-refractivity contribution is -0.123. The molecule has 2 N–H and O–H groups in total. The van der Waals surface area contributed by atoms with Crippen molar-refractivity contribution in [1.82, 2.24) is 5.32 Å². The molecule has 0 saturated heterocycles. The monoisotopic (exact) mass is 384 g/mol. The SMILES string of the molecule is CCCOc1ccc(OCC(=O)NCc2ccc(NC(=O)C(C)C)cc2)cc1. The van der Waals surface area contributed by atoms with Crippen molar-refractivity contribution in [1.29, 1.82) is 0 Å². The number of rotatable bonds is 10. The third kappa shape index (κ3) is 7.31. The summed E-state index contributed by atoms with van der Waals surface area (Å²) >= 11 is 0. The molecule has 0 atom stereocenters. The maximum absolute atomic E-state index is 12.0. The first kappa shape index (κ1) is 21.3. The minimum Gasteiger partial charge on any atom is -0.494 e. The molecule has 2 amide bonds. The molecular weight excluding hydrogens is 356 g/mol. The fourth-order valence-corrected chi connectivity index (χ4v) is 2.25. The molecule has 150 valence electrons. The average Bonchev–Trinajstić information content (AvgIpc) is 2.70. The van der Waals surface area contributed by atoms with Crippen LogP contribution < -0.4 is 20.1 Å². The number of amides is 2. The number of carbonyl (C=O) groups excluding carboxylic acids is 2. The predicted molar refractivity (Wildman–Crippen MR) is 109 cm³/mol. The van der Waals surface area contributed by atoms with Crippen molar-refractivity contribution in [3.8, 4) is 11.5 Å². The summed E-state index contributed by atoms with van der Waals surface area (Å²) in [4.78, 5) is 23.6. The Morgan fingerprint density at radius 3 is 2.11 bits per heavy atom. The lowest BCUT2D eigenvalue weighted by Crippen LogP contribution is -2.28. The fourth-order valence-electron chi connectivity index (χ4n) is 2.25. The van der Waals surface area contributed by atoms with Crippen LogP contribution in [-0.2, 0) is 16.1 Å². The molecule has 0 aliphatic heterocycles. The molecule has 0 aliphatic rings. The Labute approximate surface area is 166 Å². The molecule has 0 radical (unpaired) electrons. The van der Waals surface area contributed by atoms with Crippen molar-refractivity contribution in [3.05, 3.63) is 54.1 Å². The summed E-state index contributed by atoms with van der Waals surface area (Å²) < 4.78 is 11.0. The van der Waals surface area contributed by atoms with Crippen LogP contribution in [0.5, 0.6) is 11.5 Å². The number of hydrogen-bond donors (Lipinski definition) is 2. The van der Waals surface area contributed by atoms with Gasteiger partial charge in [0.1, 0.15) is 11.5 Å². The normalized spacial score (nSPS) is 10.4. The molecule has 0 unspecified atom stereocenters. The molecule has 6 nitrogen and oxygen atoms in total. The van der Waals surface area contributed by atoms with Gasteiger partial charge in [-0.3, -0.25) is 9.59 Å². The summed E-state index contributed by atoms with van der Waals surface area (Å²) in [5.74, 6) is 1.10. The van der Waals surface area contributed by atoms with E-state index in [1.807, 2.05) is 50.2 Å². The Morgan fingerprint density at radius 2 is 1.54 bits per heavy atom. The Kier molecular flexibility index (Phi) is 8.34. The molecule has 0 aromatic heterocycles. The van der Waals surface area contributed by atoms with Crippen LogP contribution in [-0.4, -0.2) is 25.0 Å². The van der Waals surface area contributed by atoms with Crippen LogP contribution >= 0.6 is 0 Å². The quantitative estimate of drug-likeness (QED) is 0.654. The number of ether oxygens (including phenoxy) is 2. The van der Waals surface area contributed by atoms with Crippen LogP contribution in [0.4, 0.5) is 5.69 Å². The molecule has 0 spiro atoms. The predicted octanol–water partition coefficient (Wildman–Crippen LogP) is 3.77. The van der Waals surface area contributed by atoms with Gasteiger partial charge in [0.25, 0.3) is 5.91 Å². The van der Waals surface area contributed by atoms with Crippen LogP contribution in [0.1, 0.15) is 32.8 Å². The first-order valence-corrected chi connectivity index (χ1v) is 9.50. The van der Waals surface area contributed by atoms with Gasteiger partial charge in [-0.25, -0.2) is 0 Å². The highest BCUT2D eigenvalue weighted by Crippen LogP contribution is 2.17. The van der Waals surface area contributed by atoms with Gasteiger partial charge in [-0.15, -0.1) is 0 Å². The van der Waals surface area contributed by atoms with Gasteiger partial charge < -0.3 is 20.1 Å². The molecule has 0 saturated carbocycles. The lowest BCUT2D eigenvalue weighted by atomic mass is 10.1. The zero-order valence-electron chi connectivity index (χ0n) is 16.7. The highest BCUT2D eigenvalue weighted by atomic mass is 16.5. The number of carbonyl (C=O) groups is 2. The maximum Gasteiger partial charge on any atom is 0.258 e. The topological polar surface area (TPSA) is 76.7 Å². The van der Waals surface area contributed by atoms with Crippen molar-refractivity contribution in [2.75, 3.05) is 18.5 Å². The number of hydrogen-bond acceptors (Lipinski definition) is 4. The summed E-state index contributed by atoms with van der Waals surface area (Å²) in [6.45, 7) is 6.75. The summed E-state index contributed by atoms with van der Waals surface area (Å²) in [7, 11) is 0. The van der Waals surface area contributed by atoms with E-state index in [4.69, 9.17) is 9.47 Å². The van der Waals surface area contributed by atoms with Crippen LogP contribution in [0, 0.1) is 5.92 Å². The van der Waals surface area contributed by atoms with Crippen molar-refractivity contribution >= 4 is 17.5 Å². The van der Waals surface area contributed by atoms with Crippen LogP contribution in [0.15, 0.2) is 48.5 Å². The molecule has 0 fully saturated rings. The van der Waals surface area contributed by atoms with E-state index in [2.05, 4.69) is 17.6 Å². The number of nitrogens with one attached hydrogen (secondary N) is 2. The van der Waals surface area contributed by atoms with E-state index < -0.39 is 0 Å². The van der Waals surface area contributed by atoms with Gasteiger partial charge in [0.2, 0.25) is 5.91 Å². The van der Waals surface area contributed by atoms with E-state index in [1.165, 1.54) is 0 Å². The zero-order valence-corrected chi connectivity index (χ0v) is 16.7. The molecule has 0 bridgehead atoms. The maximum atomic E-state index is 12.0. The van der Waals surface area contributed by atoms with Crippen LogP contribution in [0.3, 0.4) is 0 Å². The van der Waals surface area contributed by atoms with Crippen molar-refractivity contribution in [3.63, 3.8) is 0 Å². The highest BCUT2D eigenvalue weighted by molar-refractivity contribution is 5.92. The van der Waals surface area contributed by atoms with Gasteiger partial charge >= 0.3 is 0 Å². The van der Waals surface area contributed by atoms with E-state index in [0.717, 1.165) is 23.4 Å². The number of benzene rings is 2. The molecule has 2 rings (SSSR count). The van der Waals surface area contributed by atoms with Crippen molar-refractivity contribution in [2.45, 2.75) is 33.7 Å². The molecular formula is C22H28N2O4. The van der Waals surface area contributed by atoms with Gasteiger partial charge in [0.15, 0.2) is 6.61 Å². The van der Waals surface area contributed by atoms with E-state index in [9.17, 15) is 9.59 Å². The van der Waals surface area contributed by atoms with E-state index >= 15 is 0 Å². The third-order valence-electron chi connectivity index (χ3n) is 3.90. The van der Waals surface area contributed by atoms with Gasteiger partial charge in [-0.2, -0.15) is 0 Å². The molecule has 6 heteroatoms. The van der Waals surface area contributed by atoms with Gasteiger partial charge in [0.05, 0.1) is 6.61 Å². The third-order valence-corrected chi connectivity index (χ3v) is 3.90. The van der Waals surface area contributed by atoms with Crippen molar-refractivity contribution in [2.24, 2.45) is 5.92 Å². The Balaban J connectivity index is 1.72. The molecule has 2 aromatic carbocycles. The first-order chi connectivity index (χ1) is 13.5. The standard InChI is InChI=1S/C22H28N2O4/c1-4-13-27-19-9-11-20(12-10-19)28-15-21(25)23-14-17-5-7-18(8-6-17)24-22(26)16(2)3/h5-12,16H,4,13-15H2,1-3H3,(H,23,25)(H,24,26). The van der Waals surface area contributed by atoms with E-state index in [1.54, 1.807) is 12.1 Å². The number of anilines is 1. The smallest absolute Gasteiger partial charge is 0.258 e. The van der Waals surface area contributed by atoms with Crippen LogP contribution in [0.2, 0.25) is 0 Å². The molecule has 0 heterocycles. The summed E-state index contributed by atoms with van der Waals surface area (Å²) in [5.41, 5.74) is 1.68. The Hall–Kier alpha value is -3.02. The minimum absolute atomic E-state index is 0.0249.